The van der Waals surface area contributed by atoms with Crippen LogP contribution in [0.15, 0.2) is 27.8 Å². The van der Waals surface area contributed by atoms with Crippen LogP contribution in [0.3, 0.4) is 0 Å². The summed E-state index contributed by atoms with van der Waals surface area (Å²) in [7, 11) is 1.69. The van der Waals surface area contributed by atoms with Gasteiger partial charge in [0.15, 0.2) is 5.96 Å². The van der Waals surface area contributed by atoms with Crippen molar-refractivity contribution in [3.63, 3.8) is 0 Å². The average Bonchev–Trinajstić information content (AvgIpc) is 3.01. The first kappa shape index (κ1) is 22.2. The van der Waals surface area contributed by atoms with Crippen molar-refractivity contribution in [3.8, 4) is 0 Å². The van der Waals surface area contributed by atoms with Crippen LogP contribution in [0.5, 0.6) is 0 Å². The standard InChI is InChI=1S/C17H31N3O2.HI/c1-4-5-6-8-15(2)20-17(19-12-14-21-3)18-11-10-16-9-7-13-22-16;/h7,9,13,15H,4-6,8,10-12,14H2,1-3H3,(H2,18,19,20);1H. The second-order valence-corrected chi connectivity index (χ2v) is 5.52. The maximum Gasteiger partial charge on any atom is 0.191 e. The summed E-state index contributed by atoms with van der Waals surface area (Å²) in [4.78, 5) is 4.54. The molecule has 1 rings (SSSR count). The Labute approximate surface area is 157 Å². The lowest BCUT2D eigenvalue weighted by atomic mass is 10.1. The lowest BCUT2D eigenvalue weighted by molar-refractivity contribution is 0.208. The van der Waals surface area contributed by atoms with Crippen molar-refractivity contribution in [2.75, 3.05) is 26.8 Å². The minimum absolute atomic E-state index is 0. The number of furan rings is 1. The number of hydrogen-bond donors (Lipinski definition) is 2. The molecule has 0 aliphatic carbocycles. The number of nitrogens with zero attached hydrogens (tertiary/aromatic N) is 1. The van der Waals surface area contributed by atoms with Crippen LogP contribution in [0.25, 0.3) is 0 Å². The summed E-state index contributed by atoms with van der Waals surface area (Å²) in [5.41, 5.74) is 0. The third-order valence-electron chi connectivity index (χ3n) is 3.43. The normalized spacial score (nSPS) is 12.6. The lowest BCUT2D eigenvalue weighted by Crippen LogP contribution is -2.43. The van der Waals surface area contributed by atoms with Crippen LogP contribution < -0.4 is 10.6 Å². The fraction of sp³-hybridized carbons (Fsp3) is 0.706. The molecule has 0 aliphatic heterocycles. The van der Waals surface area contributed by atoms with Gasteiger partial charge in [0.05, 0.1) is 19.4 Å². The zero-order valence-corrected chi connectivity index (χ0v) is 17.0. The van der Waals surface area contributed by atoms with E-state index in [1.165, 1.54) is 19.3 Å². The second-order valence-electron chi connectivity index (χ2n) is 5.52. The average molecular weight is 437 g/mol. The lowest BCUT2D eigenvalue weighted by Gasteiger charge is -2.18. The largest absolute Gasteiger partial charge is 0.469 e. The number of aliphatic imine (C=N–C) groups is 1. The summed E-state index contributed by atoms with van der Waals surface area (Å²) in [6.45, 7) is 6.53. The molecule has 6 heteroatoms. The first-order valence-electron chi connectivity index (χ1n) is 8.32. The molecule has 0 fully saturated rings. The molecule has 1 atom stereocenters. The summed E-state index contributed by atoms with van der Waals surface area (Å²) < 4.78 is 10.4. The minimum Gasteiger partial charge on any atom is -0.469 e. The van der Waals surface area contributed by atoms with Crippen molar-refractivity contribution in [3.05, 3.63) is 24.2 Å². The van der Waals surface area contributed by atoms with Gasteiger partial charge in [-0.25, -0.2) is 0 Å². The molecule has 0 aliphatic rings. The molecule has 1 aromatic rings. The van der Waals surface area contributed by atoms with E-state index in [1.807, 2.05) is 12.1 Å². The Morgan fingerprint density at radius 1 is 1.39 bits per heavy atom. The number of rotatable bonds is 11. The molecule has 1 unspecified atom stereocenters. The van der Waals surface area contributed by atoms with Gasteiger partial charge in [-0.3, -0.25) is 4.99 Å². The van der Waals surface area contributed by atoms with E-state index in [9.17, 15) is 0 Å². The van der Waals surface area contributed by atoms with E-state index < -0.39 is 0 Å². The number of methoxy groups -OCH3 is 1. The smallest absolute Gasteiger partial charge is 0.191 e. The molecule has 0 bridgehead atoms. The molecule has 0 saturated carbocycles. The molecule has 1 heterocycles. The molecule has 134 valence electrons. The van der Waals surface area contributed by atoms with Crippen LogP contribution in [-0.2, 0) is 11.2 Å². The SMILES string of the molecule is CCCCCC(C)NC(=NCCOC)NCCc1ccco1.I. The molecule has 23 heavy (non-hydrogen) atoms. The summed E-state index contributed by atoms with van der Waals surface area (Å²) >= 11 is 0. The number of halogens is 1. The van der Waals surface area contributed by atoms with Gasteiger partial charge in [-0.2, -0.15) is 0 Å². The Morgan fingerprint density at radius 3 is 2.87 bits per heavy atom. The van der Waals surface area contributed by atoms with Crippen molar-refractivity contribution >= 4 is 29.9 Å². The van der Waals surface area contributed by atoms with Gasteiger partial charge in [-0.15, -0.1) is 24.0 Å². The zero-order chi connectivity index (χ0) is 16.0. The Balaban J connectivity index is 0.00000484. The van der Waals surface area contributed by atoms with Gasteiger partial charge < -0.3 is 19.8 Å². The first-order valence-corrected chi connectivity index (χ1v) is 8.32. The summed E-state index contributed by atoms with van der Waals surface area (Å²) in [5.74, 6) is 1.84. The summed E-state index contributed by atoms with van der Waals surface area (Å²) in [5, 5.41) is 6.83. The third kappa shape index (κ3) is 11.4. The first-order chi connectivity index (χ1) is 10.8. The molecule has 0 radical (unpaired) electrons. The molecule has 0 spiro atoms. The molecule has 0 saturated heterocycles. The van der Waals surface area contributed by atoms with Gasteiger partial charge in [0, 0.05) is 26.1 Å². The highest BCUT2D eigenvalue weighted by atomic mass is 127. The number of hydrogen-bond acceptors (Lipinski definition) is 3. The maximum absolute atomic E-state index is 5.34. The zero-order valence-electron chi connectivity index (χ0n) is 14.6. The van der Waals surface area contributed by atoms with Gasteiger partial charge >= 0.3 is 0 Å². The Bertz CT molecular complexity index is 397. The fourth-order valence-electron chi connectivity index (χ4n) is 2.17. The Kier molecular flexibility index (Phi) is 14.3. The number of ether oxygens (including phenoxy) is 1. The van der Waals surface area contributed by atoms with Crippen molar-refractivity contribution in [1.29, 1.82) is 0 Å². The van der Waals surface area contributed by atoms with Crippen LogP contribution in [0.4, 0.5) is 0 Å². The van der Waals surface area contributed by atoms with Crippen molar-refractivity contribution in [2.24, 2.45) is 4.99 Å². The molecule has 1 aromatic heterocycles. The minimum atomic E-state index is 0. The van der Waals surface area contributed by atoms with E-state index in [2.05, 4.69) is 29.5 Å². The quantitative estimate of drug-likeness (QED) is 0.241. The van der Waals surface area contributed by atoms with Gasteiger partial charge in [0.25, 0.3) is 0 Å². The van der Waals surface area contributed by atoms with Crippen LogP contribution in [0, 0.1) is 0 Å². The van der Waals surface area contributed by atoms with Crippen LogP contribution in [-0.4, -0.2) is 38.8 Å². The Hall–Kier alpha value is -0.760. The molecular weight excluding hydrogens is 405 g/mol. The Morgan fingerprint density at radius 2 is 2.22 bits per heavy atom. The van der Waals surface area contributed by atoms with E-state index in [0.29, 0.717) is 19.2 Å². The second kappa shape index (κ2) is 14.8. The predicted molar refractivity (Wildman–Crippen MR) is 107 cm³/mol. The van der Waals surface area contributed by atoms with Gasteiger partial charge in [0.1, 0.15) is 5.76 Å². The monoisotopic (exact) mass is 437 g/mol. The van der Waals surface area contributed by atoms with Crippen molar-refractivity contribution in [2.45, 2.75) is 52.0 Å². The highest BCUT2D eigenvalue weighted by Crippen LogP contribution is 2.03. The fourth-order valence-corrected chi connectivity index (χ4v) is 2.17. The molecule has 0 amide bonds. The van der Waals surface area contributed by atoms with Crippen molar-refractivity contribution < 1.29 is 9.15 Å². The molecule has 5 nitrogen and oxygen atoms in total. The van der Waals surface area contributed by atoms with E-state index >= 15 is 0 Å². The van der Waals surface area contributed by atoms with Crippen LogP contribution >= 0.6 is 24.0 Å². The molecule has 0 aromatic carbocycles. The maximum atomic E-state index is 5.34. The molecular formula is C17H32IN3O2. The van der Waals surface area contributed by atoms with Gasteiger partial charge in [-0.05, 0) is 25.5 Å². The number of unbranched alkanes of at least 4 members (excludes halogenated alkanes) is 2. The van der Waals surface area contributed by atoms with Gasteiger partial charge in [0.2, 0.25) is 0 Å². The van der Waals surface area contributed by atoms with Crippen molar-refractivity contribution in [1.82, 2.24) is 10.6 Å². The number of guanidine groups is 1. The third-order valence-corrected chi connectivity index (χ3v) is 3.43. The topological polar surface area (TPSA) is 58.8 Å². The van der Waals surface area contributed by atoms with E-state index in [-0.39, 0.29) is 24.0 Å². The van der Waals surface area contributed by atoms with Crippen LogP contribution in [0.2, 0.25) is 0 Å². The molecule has 2 N–H and O–H groups in total. The predicted octanol–water partition coefficient (Wildman–Crippen LogP) is 3.59. The summed E-state index contributed by atoms with van der Waals surface area (Å²) in [6.07, 6.45) is 7.51. The van der Waals surface area contributed by atoms with E-state index in [4.69, 9.17) is 9.15 Å². The van der Waals surface area contributed by atoms with E-state index in [1.54, 1.807) is 13.4 Å². The van der Waals surface area contributed by atoms with Crippen LogP contribution in [0.1, 0.15) is 45.3 Å². The van der Waals surface area contributed by atoms with Gasteiger partial charge in [-0.1, -0.05) is 26.2 Å². The number of nitrogens with one attached hydrogen (secondary N) is 2. The highest BCUT2D eigenvalue weighted by molar-refractivity contribution is 14.0. The summed E-state index contributed by atoms with van der Waals surface area (Å²) in [6, 6.07) is 4.32. The van der Waals surface area contributed by atoms with E-state index in [0.717, 1.165) is 31.1 Å². The highest BCUT2D eigenvalue weighted by Gasteiger charge is 2.05.